The maximum absolute atomic E-state index is 13.3. The topological polar surface area (TPSA) is 307 Å². The predicted molar refractivity (Wildman–Crippen MR) is 318 cm³/mol. The molecular weight excluding hydrogens is 1070 g/mol. The summed E-state index contributed by atoms with van der Waals surface area (Å²) in [6.07, 6.45) is 31.0. The van der Waals surface area contributed by atoms with Crippen LogP contribution in [0.1, 0.15) is 168 Å². The summed E-state index contributed by atoms with van der Waals surface area (Å²) in [4.78, 5) is 13.3. The van der Waals surface area contributed by atoms with Crippen LogP contribution in [-0.2, 0) is 33.2 Å². The van der Waals surface area contributed by atoms with Gasteiger partial charge in [-0.3, -0.25) is 4.79 Å². The van der Waals surface area contributed by atoms with Crippen LogP contribution in [0, 0.1) is 0 Å². The molecule has 19 heteroatoms. The normalized spacial score (nSPS) is 30.1. The van der Waals surface area contributed by atoms with Gasteiger partial charge in [-0.15, -0.1) is 0 Å². The fourth-order valence-corrected chi connectivity index (χ4v) is 9.78. The van der Waals surface area contributed by atoms with E-state index in [1.54, 1.807) is 6.08 Å². The highest BCUT2D eigenvalue weighted by Gasteiger charge is 2.53. The van der Waals surface area contributed by atoms with Crippen molar-refractivity contribution in [3.05, 3.63) is 97.2 Å². The highest BCUT2D eigenvalue weighted by Crippen LogP contribution is 2.33. The summed E-state index contributed by atoms with van der Waals surface area (Å²) in [5.74, 6) is -0.303. The average molecular weight is 1180 g/mol. The lowest BCUT2D eigenvalue weighted by atomic mass is 9.96. The van der Waals surface area contributed by atoms with Gasteiger partial charge in [-0.25, -0.2) is 0 Å². The summed E-state index contributed by atoms with van der Waals surface area (Å²) in [5, 5.41) is 120. The number of aliphatic hydroxyl groups excluding tert-OH is 11. The van der Waals surface area contributed by atoms with Crippen molar-refractivity contribution in [3.8, 4) is 0 Å². The molecule has 3 saturated heterocycles. The number of hydrogen-bond donors (Lipinski definition) is 12. The molecular formula is C64H107NO18. The van der Waals surface area contributed by atoms with E-state index in [9.17, 15) is 61.0 Å². The number of carbonyl (C=O) groups is 1. The summed E-state index contributed by atoms with van der Waals surface area (Å²) >= 11 is 0. The predicted octanol–water partition coefficient (Wildman–Crippen LogP) is 6.15. The molecule has 0 saturated carbocycles. The second-order valence-corrected chi connectivity index (χ2v) is 21.8. The lowest BCUT2D eigenvalue weighted by Gasteiger charge is -2.48. The Labute approximate surface area is 494 Å². The van der Waals surface area contributed by atoms with E-state index in [0.29, 0.717) is 12.8 Å². The van der Waals surface area contributed by atoms with Crippen LogP contribution in [-0.4, -0.2) is 193 Å². The lowest BCUT2D eigenvalue weighted by Crippen LogP contribution is -2.66. The first-order chi connectivity index (χ1) is 40.3. The summed E-state index contributed by atoms with van der Waals surface area (Å²) in [6, 6.07) is -1.00. The Hall–Kier alpha value is -3.29. The smallest absolute Gasteiger partial charge is 0.220 e. The number of hydrogen-bond acceptors (Lipinski definition) is 18. The quantitative estimate of drug-likeness (QED) is 0.0241. The van der Waals surface area contributed by atoms with Crippen molar-refractivity contribution >= 4 is 5.91 Å². The zero-order valence-electron chi connectivity index (χ0n) is 49.6. The van der Waals surface area contributed by atoms with E-state index >= 15 is 0 Å². The third-order valence-electron chi connectivity index (χ3n) is 14.8. The van der Waals surface area contributed by atoms with Crippen LogP contribution in [0.5, 0.6) is 0 Å². The van der Waals surface area contributed by atoms with E-state index in [1.807, 2.05) is 6.08 Å². The summed E-state index contributed by atoms with van der Waals surface area (Å²) in [6.45, 7) is 1.51. The minimum atomic E-state index is -1.99. The minimum absolute atomic E-state index is 0.218. The van der Waals surface area contributed by atoms with Gasteiger partial charge in [0.15, 0.2) is 18.9 Å². The number of ether oxygens (including phenoxy) is 6. The molecule has 83 heavy (non-hydrogen) atoms. The number of rotatable bonds is 44. The average Bonchev–Trinajstić information content (AvgIpc) is 3.57. The fourth-order valence-electron chi connectivity index (χ4n) is 9.78. The van der Waals surface area contributed by atoms with Gasteiger partial charge in [-0.05, 0) is 89.9 Å². The molecule has 3 aliphatic heterocycles. The van der Waals surface area contributed by atoms with Crippen LogP contribution in [0.3, 0.4) is 0 Å². The van der Waals surface area contributed by atoms with Gasteiger partial charge in [0.25, 0.3) is 0 Å². The van der Waals surface area contributed by atoms with Gasteiger partial charge < -0.3 is 89.9 Å². The molecule has 3 rings (SSSR count). The van der Waals surface area contributed by atoms with Crippen molar-refractivity contribution in [2.45, 2.75) is 272 Å². The Bertz CT molecular complexity index is 1890. The highest BCUT2D eigenvalue weighted by molar-refractivity contribution is 5.76. The zero-order valence-corrected chi connectivity index (χ0v) is 49.6. The molecule has 476 valence electrons. The molecule has 19 nitrogen and oxygen atoms in total. The van der Waals surface area contributed by atoms with Crippen LogP contribution < -0.4 is 5.32 Å². The molecule has 17 unspecified atom stereocenters. The summed E-state index contributed by atoms with van der Waals surface area (Å²) in [5.41, 5.74) is 0. The second kappa shape index (κ2) is 45.9. The number of amides is 1. The van der Waals surface area contributed by atoms with Crippen molar-refractivity contribution in [2.75, 3.05) is 26.4 Å². The molecule has 0 spiro atoms. The molecule has 3 aliphatic rings. The zero-order chi connectivity index (χ0) is 60.5. The molecule has 0 aromatic carbocycles. The highest BCUT2D eigenvalue weighted by atomic mass is 16.8. The van der Waals surface area contributed by atoms with Gasteiger partial charge in [-0.2, -0.15) is 0 Å². The maximum Gasteiger partial charge on any atom is 0.220 e. The number of aliphatic hydroxyl groups is 11. The van der Waals surface area contributed by atoms with Crippen LogP contribution >= 0.6 is 0 Å². The fraction of sp³-hybridized carbons (Fsp3) is 0.734. The van der Waals surface area contributed by atoms with Gasteiger partial charge in [0, 0.05) is 6.42 Å². The van der Waals surface area contributed by atoms with E-state index in [2.05, 4.69) is 104 Å². The van der Waals surface area contributed by atoms with Crippen LogP contribution in [0.2, 0.25) is 0 Å². The standard InChI is InChI=1S/C64H107NO18/c1-3-5-7-9-11-13-15-17-18-19-20-21-22-23-24-25-26-27-28-30-32-34-36-38-40-42-52(70)65-47(48(69)41-39-37-35-33-31-29-16-14-12-10-8-6-4-2)46-78-62-58(76)55(73)60(50(44-67)80-62)83-64-59(77)56(74)61(51(45-68)81-64)82-63-57(75)54(72)53(71)49(43-66)79-63/h5,7,11-14,17-18,20-21,23-24,31,33,39,41,47-51,53-64,66-69,71-77H,3-4,6,8-10,15-16,19,22,25-30,32,34-38,40,42-46H2,1-2H3,(H,65,70)/b7-5-,13-11-,14-12+,18-17-,21-20-,24-23-,33-31+,41-39+. The number of unbranched alkanes of at least 4 members (excludes halogenated alkanes) is 14. The third kappa shape index (κ3) is 29.3. The first kappa shape index (κ1) is 74.0. The van der Waals surface area contributed by atoms with E-state index in [4.69, 9.17) is 28.4 Å². The van der Waals surface area contributed by atoms with Crippen LogP contribution in [0.25, 0.3) is 0 Å². The molecule has 0 aromatic heterocycles. The molecule has 3 heterocycles. The monoisotopic (exact) mass is 1180 g/mol. The van der Waals surface area contributed by atoms with Crippen molar-refractivity contribution in [2.24, 2.45) is 0 Å². The van der Waals surface area contributed by atoms with Crippen molar-refractivity contribution < 1.29 is 89.4 Å². The molecule has 17 atom stereocenters. The number of carbonyl (C=O) groups excluding carboxylic acids is 1. The van der Waals surface area contributed by atoms with Gasteiger partial charge in [0.05, 0.1) is 38.6 Å². The van der Waals surface area contributed by atoms with E-state index in [-0.39, 0.29) is 18.9 Å². The maximum atomic E-state index is 13.3. The molecule has 0 aliphatic carbocycles. The first-order valence-electron chi connectivity index (χ1n) is 31.0. The minimum Gasteiger partial charge on any atom is -0.394 e. The van der Waals surface area contributed by atoms with Gasteiger partial charge in [0.2, 0.25) is 5.91 Å². The van der Waals surface area contributed by atoms with Crippen molar-refractivity contribution in [1.29, 1.82) is 0 Å². The molecule has 12 N–H and O–H groups in total. The van der Waals surface area contributed by atoms with Crippen LogP contribution in [0.15, 0.2) is 97.2 Å². The van der Waals surface area contributed by atoms with Gasteiger partial charge in [0.1, 0.15) is 73.2 Å². The van der Waals surface area contributed by atoms with Crippen molar-refractivity contribution in [3.63, 3.8) is 0 Å². The Balaban J connectivity index is 1.47. The van der Waals surface area contributed by atoms with Gasteiger partial charge >= 0.3 is 0 Å². The largest absolute Gasteiger partial charge is 0.394 e. The Kier molecular flexibility index (Phi) is 40.9. The summed E-state index contributed by atoms with van der Waals surface area (Å²) < 4.78 is 34.2. The van der Waals surface area contributed by atoms with Crippen LogP contribution in [0.4, 0.5) is 0 Å². The first-order valence-corrected chi connectivity index (χ1v) is 31.0. The van der Waals surface area contributed by atoms with E-state index in [1.165, 1.54) is 44.9 Å². The van der Waals surface area contributed by atoms with E-state index in [0.717, 1.165) is 89.9 Å². The lowest BCUT2D eigenvalue weighted by molar-refractivity contribution is -0.379. The summed E-state index contributed by atoms with van der Waals surface area (Å²) in [7, 11) is 0. The molecule has 3 fully saturated rings. The number of nitrogens with one attached hydrogen (secondary N) is 1. The second-order valence-electron chi connectivity index (χ2n) is 21.8. The molecule has 0 bridgehead atoms. The molecule has 0 aromatic rings. The third-order valence-corrected chi connectivity index (χ3v) is 14.8. The Morgan fingerprint density at radius 1 is 0.446 bits per heavy atom. The number of allylic oxidation sites excluding steroid dienone is 15. The van der Waals surface area contributed by atoms with E-state index < -0.39 is 124 Å². The molecule has 0 radical (unpaired) electrons. The Morgan fingerprint density at radius 2 is 0.843 bits per heavy atom. The van der Waals surface area contributed by atoms with Gasteiger partial charge in [-0.1, -0.05) is 169 Å². The van der Waals surface area contributed by atoms with Crippen molar-refractivity contribution in [1.82, 2.24) is 5.32 Å². The Morgan fingerprint density at radius 3 is 1.35 bits per heavy atom. The SMILES string of the molecule is CC/C=C\C/C=C\C/C=C\C/C=C\C/C=C\CCCCCCCCCCCC(=O)NC(COC1OC(CO)C(OC2OC(CO)C(OC3OC(CO)C(O)C(O)C3O)C(O)C2O)C(O)C1O)C(O)/C=C/CC/C=C/CC/C=C/CCCCC. The molecule has 1 amide bonds.